The molecule has 1 aromatic carbocycles. The van der Waals surface area contributed by atoms with Crippen LogP contribution in [0, 0.1) is 17.7 Å². The van der Waals surface area contributed by atoms with Crippen LogP contribution in [0.15, 0.2) is 53.6 Å². The second-order valence-corrected chi connectivity index (χ2v) is 10.2. The highest BCUT2D eigenvalue weighted by molar-refractivity contribution is 7.89. The number of rotatable bonds is 8. The Morgan fingerprint density at radius 3 is 2.58 bits per heavy atom. The van der Waals surface area contributed by atoms with Crippen LogP contribution in [0.2, 0.25) is 0 Å². The van der Waals surface area contributed by atoms with E-state index in [-0.39, 0.29) is 35.7 Å². The SMILES string of the molecule is CCC(C)[C@H](NC(=O)C1CCCN(S(=O)(=O)c2ccc(F)cc2)C1)C(=O)Nc1ccccn1. The number of carbonyl (C=O) groups excluding carboxylic acids is 2. The molecule has 1 aliphatic heterocycles. The molecule has 0 bridgehead atoms. The monoisotopic (exact) mass is 476 g/mol. The van der Waals surface area contributed by atoms with Gasteiger partial charge in [-0.1, -0.05) is 26.3 Å². The van der Waals surface area contributed by atoms with Gasteiger partial charge in [0, 0.05) is 19.3 Å². The molecule has 178 valence electrons. The van der Waals surface area contributed by atoms with Gasteiger partial charge in [-0.15, -0.1) is 0 Å². The van der Waals surface area contributed by atoms with E-state index in [0.717, 1.165) is 12.1 Å². The number of aromatic nitrogens is 1. The molecule has 0 saturated carbocycles. The van der Waals surface area contributed by atoms with Gasteiger partial charge in [-0.3, -0.25) is 9.59 Å². The topological polar surface area (TPSA) is 108 Å². The highest BCUT2D eigenvalue weighted by atomic mass is 32.2. The van der Waals surface area contributed by atoms with E-state index in [1.807, 2.05) is 13.8 Å². The maximum Gasteiger partial charge on any atom is 0.248 e. The Bertz CT molecular complexity index is 1060. The summed E-state index contributed by atoms with van der Waals surface area (Å²) in [4.78, 5) is 30.0. The van der Waals surface area contributed by atoms with Gasteiger partial charge in [-0.2, -0.15) is 4.31 Å². The number of anilines is 1. The number of nitrogens with zero attached hydrogens (tertiary/aromatic N) is 2. The third-order valence-electron chi connectivity index (χ3n) is 5.92. The van der Waals surface area contributed by atoms with Gasteiger partial charge in [0.25, 0.3) is 0 Å². The molecule has 2 aromatic rings. The summed E-state index contributed by atoms with van der Waals surface area (Å²) >= 11 is 0. The Balaban J connectivity index is 1.70. The zero-order chi connectivity index (χ0) is 24.0. The second kappa shape index (κ2) is 10.8. The predicted molar refractivity (Wildman–Crippen MR) is 122 cm³/mol. The van der Waals surface area contributed by atoms with E-state index >= 15 is 0 Å². The molecule has 2 heterocycles. The van der Waals surface area contributed by atoms with Crippen molar-refractivity contribution in [2.24, 2.45) is 11.8 Å². The summed E-state index contributed by atoms with van der Waals surface area (Å²) in [5.74, 6) is -1.61. The Morgan fingerprint density at radius 1 is 1.21 bits per heavy atom. The van der Waals surface area contributed by atoms with E-state index in [9.17, 15) is 22.4 Å². The number of benzene rings is 1. The zero-order valence-corrected chi connectivity index (χ0v) is 19.5. The standard InChI is InChI=1S/C23H29FN4O4S/c1-3-16(2)21(23(30)26-20-8-4-5-13-25-20)27-22(29)17-7-6-14-28(15-17)33(31,32)19-11-9-18(24)10-12-19/h4-5,8-13,16-17,21H,3,6-7,14-15H2,1-2H3,(H,27,29)(H,25,26,30)/t16?,17?,21-/m0/s1. The second-order valence-electron chi connectivity index (χ2n) is 8.23. The van der Waals surface area contributed by atoms with E-state index in [0.29, 0.717) is 25.1 Å². The number of halogens is 1. The Morgan fingerprint density at radius 2 is 1.94 bits per heavy atom. The molecule has 1 aromatic heterocycles. The summed E-state index contributed by atoms with van der Waals surface area (Å²) in [5.41, 5.74) is 0. The van der Waals surface area contributed by atoms with Gasteiger partial charge in [-0.05, 0) is 55.2 Å². The lowest BCUT2D eigenvalue weighted by Crippen LogP contribution is -2.52. The fourth-order valence-electron chi connectivity index (χ4n) is 3.74. The summed E-state index contributed by atoms with van der Waals surface area (Å²) in [6, 6.07) is 8.98. The Kier molecular flexibility index (Phi) is 8.15. The molecule has 2 amide bonds. The Hall–Kier alpha value is -2.85. The van der Waals surface area contributed by atoms with Crippen molar-refractivity contribution in [2.75, 3.05) is 18.4 Å². The fourth-order valence-corrected chi connectivity index (χ4v) is 5.27. The minimum atomic E-state index is -3.85. The number of hydrogen-bond donors (Lipinski definition) is 2. The van der Waals surface area contributed by atoms with Crippen LogP contribution >= 0.6 is 0 Å². The predicted octanol–water partition coefficient (Wildman–Crippen LogP) is 2.79. The van der Waals surface area contributed by atoms with Crippen LogP contribution in [-0.2, 0) is 19.6 Å². The molecular weight excluding hydrogens is 447 g/mol. The average Bonchev–Trinajstić information content (AvgIpc) is 2.82. The summed E-state index contributed by atoms with van der Waals surface area (Å²) in [6.45, 7) is 4.07. The van der Waals surface area contributed by atoms with Crippen molar-refractivity contribution in [3.63, 3.8) is 0 Å². The maximum atomic E-state index is 13.2. The number of amides is 2. The van der Waals surface area contributed by atoms with Gasteiger partial charge < -0.3 is 10.6 Å². The summed E-state index contributed by atoms with van der Waals surface area (Å²) in [5, 5.41) is 5.55. The molecule has 8 nitrogen and oxygen atoms in total. The van der Waals surface area contributed by atoms with Crippen LogP contribution in [0.3, 0.4) is 0 Å². The minimum Gasteiger partial charge on any atom is -0.344 e. The van der Waals surface area contributed by atoms with Crippen LogP contribution in [0.1, 0.15) is 33.1 Å². The molecule has 1 fully saturated rings. The van der Waals surface area contributed by atoms with Crippen molar-refractivity contribution in [1.82, 2.24) is 14.6 Å². The zero-order valence-electron chi connectivity index (χ0n) is 18.7. The highest BCUT2D eigenvalue weighted by Gasteiger charge is 2.35. The smallest absolute Gasteiger partial charge is 0.248 e. The van der Waals surface area contributed by atoms with Crippen LogP contribution in [0.25, 0.3) is 0 Å². The molecule has 33 heavy (non-hydrogen) atoms. The first-order valence-corrected chi connectivity index (χ1v) is 12.4. The van der Waals surface area contributed by atoms with Crippen molar-refractivity contribution >= 4 is 27.7 Å². The lowest BCUT2D eigenvalue weighted by atomic mass is 9.95. The number of pyridine rings is 1. The summed E-state index contributed by atoms with van der Waals surface area (Å²) < 4.78 is 40.4. The molecular formula is C23H29FN4O4S. The van der Waals surface area contributed by atoms with Gasteiger partial charge >= 0.3 is 0 Å². The van der Waals surface area contributed by atoms with E-state index in [1.54, 1.807) is 24.4 Å². The number of carbonyl (C=O) groups is 2. The van der Waals surface area contributed by atoms with Crippen LogP contribution in [0.4, 0.5) is 10.2 Å². The van der Waals surface area contributed by atoms with E-state index in [4.69, 9.17) is 0 Å². The van der Waals surface area contributed by atoms with Gasteiger partial charge in [-0.25, -0.2) is 17.8 Å². The largest absolute Gasteiger partial charge is 0.344 e. The van der Waals surface area contributed by atoms with Crippen molar-refractivity contribution in [3.8, 4) is 0 Å². The van der Waals surface area contributed by atoms with Crippen molar-refractivity contribution in [3.05, 3.63) is 54.5 Å². The molecule has 1 aliphatic rings. The van der Waals surface area contributed by atoms with Crippen LogP contribution in [-0.4, -0.2) is 48.7 Å². The Labute approximate surface area is 193 Å². The van der Waals surface area contributed by atoms with Gasteiger partial charge in [0.1, 0.15) is 17.7 Å². The van der Waals surface area contributed by atoms with Crippen molar-refractivity contribution < 1.29 is 22.4 Å². The molecule has 0 spiro atoms. The lowest BCUT2D eigenvalue weighted by molar-refractivity contribution is -0.131. The number of piperidine rings is 1. The number of hydrogen-bond acceptors (Lipinski definition) is 5. The lowest BCUT2D eigenvalue weighted by Gasteiger charge is -2.32. The minimum absolute atomic E-state index is 0.000624. The van der Waals surface area contributed by atoms with Crippen LogP contribution in [0.5, 0.6) is 0 Å². The fraction of sp³-hybridized carbons (Fsp3) is 0.435. The van der Waals surface area contributed by atoms with Crippen molar-refractivity contribution in [1.29, 1.82) is 0 Å². The third kappa shape index (κ3) is 6.14. The van der Waals surface area contributed by atoms with Gasteiger partial charge in [0.15, 0.2) is 0 Å². The molecule has 0 radical (unpaired) electrons. The molecule has 1 saturated heterocycles. The third-order valence-corrected chi connectivity index (χ3v) is 7.80. The highest BCUT2D eigenvalue weighted by Crippen LogP contribution is 2.24. The first-order chi connectivity index (χ1) is 15.7. The number of sulfonamides is 1. The first kappa shape index (κ1) is 24.8. The molecule has 0 aliphatic carbocycles. The average molecular weight is 477 g/mol. The van der Waals surface area contributed by atoms with Crippen molar-refractivity contribution in [2.45, 2.75) is 44.0 Å². The van der Waals surface area contributed by atoms with E-state index in [1.165, 1.54) is 16.4 Å². The van der Waals surface area contributed by atoms with Gasteiger partial charge in [0.2, 0.25) is 21.8 Å². The van der Waals surface area contributed by atoms with Crippen LogP contribution < -0.4 is 10.6 Å². The maximum absolute atomic E-state index is 13.2. The quantitative estimate of drug-likeness (QED) is 0.609. The summed E-state index contributed by atoms with van der Waals surface area (Å²) in [7, 11) is -3.85. The molecule has 3 rings (SSSR count). The molecule has 3 atom stereocenters. The molecule has 10 heteroatoms. The normalized spacial score (nSPS) is 18.8. The van der Waals surface area contributed by atoms with Gasteiger partial charge in [0.05, 0.1) is 10.8 Å². The first-order valence-electron chi connectivity index (χ1n) is 11.0. The summed E-state index contributed by atoms with van der Waals surface area (Å²) in [6.07, 6.45) is 3.24. The molecule has 2 N–H and O–H groups in total. The van der Waals surface area contributed by atoms with E-state index < -0.39 is 27.8 Å². The van der Waals surface area contributed by atoms with E-state index in [2.05, 4.69) is 15.6 Å². The molecule has 2 unspecified atom stereocenters. The number of nitrogens with one attached hydrogen (secondary N) is 2.